The molecule has 0 amide bonds. The van der Waals surface area contributed by atoms with Crippen LogP contribution in [0.15, 0.2) is 86.5 Å². The Morgan fingerprint density at radius 3 is 2.53 bits per heavy atom. The maximum atomic E-state index is 12.6. The highest BCUT2D eigenvalue weighted by Crippen LogP contribution is 2.29. The first-order valence-corrected chi connectivity index (χ1v) is 10.2. The number of aliphatic hydroxyl groups excluding tert-OH is 1. The van der Waals surface area contributed by atoms with Crippen molar-refractivity contribution in [3.05, 3.63) is 93.9 Å². The van der Waals surface area contributed by atoms with Gasteiger partial charge in [-0.05, 0) is 42.3 Å². The molecule has 6 nitrogen and oxygen atoms in total. The van der Waals surface area contributed by atoms with Crippen molar-refractivity contribution in [2.45, 2.75) is 13.8 Å². The zero-order chi connectivity index (χ0) is 22.7. The summed E-state index contributed by atoms with van der Waals surface area (Å²) < 4.78 is 10.6. The normalized spacial score (nSPS) is 12.3. The molecule has 4 rings (SSSR count). The van der Waals surface area contributed by atoms with Gasteiger partial charge >= 0.3 is 11.6 Å². The van der Waals surface area contributed by atoms with E-state index in [1.165, 1.54) is 0 Å². The summed E-state index contributed by atoms with van der Waals surface area (Å²) in [5, 5.41) is 13.3. The zero-order valence-corrected chi connectivity index (χ0v) is 17.7. The quantitative estimate of drug-likeness (QED) is 0.114. The Balaban J connectivity index is 1.87. The molecule has 1 N–H and O–H groups in total. The number of esters is 1. The molecule has 32 heavy (non-hydrogen) atoms. The van der Waals surface area contributed by atoms with Crippen LogP contribution in [0.1, 0.15) is 18.1 Å². The van der Waals surface area contributed by atoms with Crippen LogP contribution in [0.5, 0.6) is 0 Å². The molecule has 4 aromatic rings. The lowest BCUT2D eigenvalue weighted by Gasteiger charge is -2.08. The molecule has 0 bridgehead atoms. The molecule has 0 atom stereocenters. The Hall–Kier alpha value is -4.19. The predicted molar refractivity (Wildman–Crippen MR) is 126 cm³/mol. The van der Waals surface area contributed by atoms with Crippen molar-refractivity contribution in [1.82, 2.24) is 0 Å². The maximum absolute atomic E-state index is 12.6. The van der Waals surface area contributed by atoms with Crippen LogP contribution in [0.25, 0.3) is 27.5 Å². The third kappa shape index (κ3) is 4.03. The SMILES string of the molecule is CCOC(=O)/C(C=Nc1cc2c(oc1=O)c(C)cc1ccccc12)=C(/O)c1ccccc1. The topological polar surface area (TPSA) is 89.1 Å². The molecule has 6 heteroatoms. The van der Waals surface area contributed by atoms with E-state index in [9.17, 15) is 14.7 Å². The molecule has 0 aliphatic carbocycles. The van der Waals surface area contributed by atoms with E-state index in [2.05, 4.69) is 4.99 Å². The van der Waals surface area contributed by atoms with Gasteiger partial charge in [-0.25, -0.2) is 14.6 Å². The second-order valence-corrected chi connectivity index (χ2v) is 7.18. The molecule has 1 aromatic heterocycles. The first-order valence-electron chi connectivity index (χ1n) is 10.2. The smallest absolute Gasteiger partial charge is 0.362 e. The minimum Gasteiger partial charge on any atom is -0.506 e. The lowest BCUT2D eigenvalue weighted by molar-refractivity contribution is -0.137. The highest BCUT2D eigenvalue weighted by atomic mass is 16.5. The number of rotatable bonds is 5. The molecule has 0 saturated heterocycles. The Labute approximate surface area is 184 Å². The van der Waals surface area contributed by atoms with Gasteiger partial charge in [0.05, 0.1) is 6.61 Å². The van der Waals surface area contributed by atoms with Crippen LogP contribution in [0.2, 0.25) is 0 Å². The van der Waals surface area contributed by atoms with Gasteiger partial charge in [0.2, 0.25) is 0 Å². The van der Waals surface area contributed by atoms with E-state index in [1.54, 1.807) is 43.3 Å². The maximum Gasteiger partial charge on any atom is 0.362 e. The highest BCUT2D eigenvalue weighted by Gasteiger charge is 2.17. The molecular formula is C26H21NO5. The Morgan fingerprint density at radius 1 is 1.06 bits per heavy atom. The number of aliphatic hydroxyl groups is 1. The molecule has 0 fully saturated rings. The van der Waals surface area contributed by atoms with Gasteiger partial charge in [0.15, 0.2) is 0 Å². The summed E-state index contributed by atoms with van der Waals surface area (Å²) in [7, 11) is 0. The van der Waals surface area contributed by atoms with Gasteiger partial charge in [0.1, 0.15) is 22.6 Å². The zero-order valence-electron chi connectivity index (χ0n) is 17.7. The van der Waals surface area contributed by atoms with E-state index < -0.39 is 11.6 Å². The van der Waals surface area contributed by atoms with Gasteiger partial charge in [0, 0.05) is 17.2 Å². The van der Waals surface area contributed by atoms with Crippen LogP contribution in [0.4, 0.5) is 5.69 Å². The van der Waals surface area contributed by atoms with Crippen molar-refractivity contribution in [2.24, 2.45) is 4.99 Å². The van der Waals surface area contributed by atoms with Crippen LogP contribution in [0.3, 0.4) is 0 Å². The molecule has 0 aliphatic rings. The van der Waals surface area contributed by atoms with E-state index in [4.69, 9.17) is 9.15 Å². The van der Waals surface area contributed by atoms with E-state index >= 15 is 0 Å². The molecule has 0 unspecified atom stereocenters. The van der Waals surface area contributed by atoms with Gasteiger partial charge in [-0.1, -0.05) is 54.6 Å². The Morgan fingerprint density at radius 2 is 1.78 bits per heavy atom. The molecule has 0 aliphatic heterocycles. The second-order valence-electron chi connectivity index (χ2n) is 7.18. The number of aryl methyl sites for hydroxylation is 1. The number of carbonyl (C=O) groups excluding carboxylic acids is 1. The summed E-state index contributed by atoms with van der Waals surface area (Å²) in [4.78, 5) is 29.3. The lowest BCUT2D eigenvalue weighted by atomic mass is 10.0. The molecule has 0 saturated carbocycles. The largest absolute Gasteiger partial charge is 0.506 e. The van der Waals surface area contributed by atoms with Crippen LogP contribution in [-0.2, 0) is 9.53 Å². The van der Waals surface area contributed by atoms with Crippen LogP contribution >= 0.6 is 0 Å². The minimum absolute atomic E-state index is 0.0101. The van der Waals surface area contributed by atoms with E-state index in [0.717, 1.165) is 27.9 Å². The standard InChI is InChI=1S/C26H21NO5/c1-3-31-25(29)21(23(28)17-9-5-4-6-10-17)15-27-22-14-20-19-12-8-7-11-18(19)13-16(2)24(20)32-26(22)30/h4-15,28H,3H2,1-2H3/b23-21+,27-15?. The molecule has 0 radical (unpaired) electrons. The van der Waals surface area contributed by atoms with Crippen molar-refractivity contribution >= 4 is 45.4 Å². The first kappa shape index (κ1) is 21.1. The van der Waals surface area contributed by atoms with Gasteiger partial charge < -0.3 is 14.3 Å². The second kappa shape index (κ2) is 8.89. The van der Waals surface area contributed by atoms with E-state index in [1.807, 2.05) is 37.3 Å². The molecule has 0 spiro atoms. The summed E-state index contributed by atoms with van der Waals surface area (Å²) in [5.41, 5.74) is 0.951. The van der Waals surface area contributed by atoms with Crippen molar-refractivity contribution in [2.75, 3.05) is 6.61 Å². The van der Waals surface area contributed by atoms with Gasteiger partial charge in [0.25, 0.3) is 0 Å². The third-order valence-corrected chi connectivity index (χ3v) is 5.04. The average Bonchev–Trinajstić information content (AvgIpc) is 2.80. The summed E-state index contributed by atoms with van der Waals surface area (Å²) in [5.74, 6) is -1.04. The molecule has 1 heterocycles. The minimum atomic E-state index is -0.746. The number of carbonyl (C=O) groups is 1. The number of aliphatic imine (C=N–C) groups is 1. The van der Waals surface area contributed by atoms with E-state index in [0.29, 0.717) is 11.1 Å². The van der Waals surface area contributed by atoms with Crippen molar-refractivity contribution < 1.29 is 19.1 Å². The number of fused-ring (bicyclic) bond motifs is 3. The lowest BCUT2D eigenvalue weighted by Crippen LogP contribution is -2.11. The fourth-order valence-corrected chi connectivity index (χ4v) is 3.52. The number of hydrogen-bond donors (Lipinski definition) is 1. The number of nitrogens with zero attached hydrogens (tertiary/aromatic N) is 1. The Kier molecular flexibility index (Phi) is 5.85. The third-order valence-electron chi connectivity index (χ3n) is 5.04. The fraction of sp³-hybridized carbons (Fsp3) is 0.115. The number of hydrogen-bond acceptors (Lipinski definition) is 6. The summed E-state index contributed by atoms with van der Waals surface area (Å²) in [6.45, 7) is 3.67. The van der Waals surface area contributed by atoms with Crippen LogP contribution < -0.4 is 5.63 Å². The molecule has 160 valence electrons. The molecule has 3 aromatic carbocycles. The Bertz CT molecular complexity index is 1430. The fourth-order valence-electron chi connectivity index (χ4n) is 3.52. The average molecular weight is 427 g/mol. The summed E-state index contributed by atoms with van der Waals surface area (Å²) >= 11 is 0. The highest BCUT2D eigenvalue weighted by molar-refractivity contribution is 6.15. The van der Waals surface area contributed by atoms with Gasteiger partial charge in [-0.15, -0.1) is 0 Å². The van der Waals surface area contributed by atoms with Crippen molar-refractivity contribution in [1.29, 1.82) is 0 Å². The van der Waals surface area contributed by atoms with Crippen LogP contribution in [0, 0.1) is 6.92 Å². The van der Waals surface area contributed by atoms with Crippen LogP contribution in [-0.4, -0.2) is 23.9 Å². The summed E-state index contributed by atoms with van der Waals surface area (Å²) in [6.07, 6.45) is 1.14. The number of ether oxygens (including phenoxy) is 1. The predicted octanol–water partition coefficient (Wildman–Crippen LogP) is 5.49. The molecular weight excluding hydrogens is 406 g/mol. The van der Waals surface area contributed by atoms with Gasteiger partial charge in [-0.2, -0.15) is 0 Å². The summed E-state index contributed by atoms with van der Waals surface area (Å²) in [6, 6.07) is 19.9. The van der Waals surface area contributed by atoms with Crippen molar-refractivity contribution in [3.63, 3.8) is 0 Å². The van der Waals surface area contributed by atoms with Crippen molar-refractivity contribution in [3.8, 4) is 0 Å². The van der Waals surface area contributed by atoms with Gasteiger partial charge in [-0.3, -0.25) is 0 Å². The monoisotopic (exact) mass is 427 g/mol. The first-order chi connectivity index (χ1) is 15.5. The van der Waals surface area contributed by atoms with E-state index in [-0.39, 0.29) is 23.6 Å². The number of benzene rings is 3.